The second-order valence-electron chi connectivity index (χ2n) is 3.45. The lowest BCUT2D eigenvalue weighted by Gasteiger charge is -1.96. The smallest absolute Gasteiger partial charge is 0.423 e. The normalized spacial score (nSPS) is 11.1. The molecule has 0 aliphatic rings. The van der Waals surface area contributed by atoms with Gasteiger partial charge in [0.2, 0.25) is 11.4 Å². The Morgan fingerprint density at radius 1 is 1.12 bits per heavy atom. The predicted molar refractivity (Wildman–Crippen MR) is 59.1 cm³/mol. The summed E-state index contributed by atoms with van der Waals surface area (Å²) in [4.78, 5) is 8.07. The number of hydrogen-bond acceptors (Lipinski definition) is 5. The third-order valence-corrected chi connectivity index (χ3v) is 2.43. The van der Waals surface area contributed by atoms with Crippen LogP contribution in [0.15, 0.2) is 35.0 Å². The summed E-state index contributed by atoms with van der Waals surface area (Å²) in [6, 6.07) is 5.28. The second kappa shape index (κ2) is 3.29. The molecule has 0 bridgehead atoms. The molecule has 78 valence electrons. The van der Waals surface area contributed by atoms with Gasteiger partial charge in [0.25, 0.3) is 0 Å². The Bertz CT molecular complexity index is 665. The number of pyridine rings is 2. The average Bonchev–Trinajstić information content (AvgIpc) is 2.66. The van der Waals surface area contributed by atoms with E-state index in [0.717, 1.165) is 10.8 Å². The van der Waals surface area contributed by atoms with Crippen molar-refractivity contribution < 1.29 is 14.5 Å². The van der Waals surface area contributed by atoms with Gasteiger partial charge in [0.1, 0.15) is 0 Å². The third kappa shape index (κ3) is 1.28. The summed E-state index contributed by atoms with van der Waals surface area (Å²) in [7, 11) is -1.53. The summed E-state index contributed by atoms with van der Waals surface area (Å²) in [5, 5.41) is 19.7. The molecule has 3 aromatic heterocycles. The van der Waals surface area contributed by atoms with E-state index < -0.39 is 7.12 Å². The van der Waals surface area contributed by atoms with Crippen LogP contribution in [0.3, 0.4) is 0 Å². The van der Waals surface area contributed by atoms with E-state index >= 15 is 0 Å². The van der Waals surface area contributed by atoms with Gasteiger partial charge in [0.05, 0.1) is 0 Å². The molecule has 0 saturated heterocycles. The minimum absolute atomic E-state index is 0.332. The van der Waals surface area contributed by atoms with Gasteiger partial charge >= 0.3 is 7.12 Å². The molecule has 2 N–H and O–H groups in total. The second-order valence-corrected chi connectivity index (χ2v) is 3.45. The topological polar surface area (TPSA) is 79.4 Å². The summed E-state index contributed by atoms with van der Waals surface area (Å²) in [5.41, 5.74) is 1.27. The van der Waals surface area contributed by atoms with Crippen molar-refractivity contribution in [1.82, 2.24) is 9.97 Å². The van der Waals surface area contributed by atoms with E-state index in [1.807, 2.05) is 6.07 Å². The molecule has 0 aliphatic heterocycles. The zero-order valence-corrected chi connectivity index (χ0v) is 8.16. The van der Waals surface area contributed by atoms with Crippen LogP contribution in [0.4, 0.5) is 0 Å². The lowest BCUT2D eigenvalue weighted by Crippen LogP contribution is -2.29. The fourth-order valence-electron chi connectivity index (χ4n) is 1.65. The van der Waals surface area contributed by atoms with E-state index in [4.69, 9.17) is 14.5 Å². The molecule has 16 heavy (non-hydrogen) atoms. The first-order valence-electron chi connectivity index (χ1n) is 4.75. The minimum Gasteiger partial charge on any atom is -0.423 e. The fourth-order valence-corrected chi connectivity index (χ4v) is 1.65. The molecule has 3 aromatic rings. The Kier molecular flexibility index (Phi) is 1.92. The van der Waals surface area contributed by atoms with Crippen molar-refractivity contribution in [1.29, 1.82) is 0 Å². The van der Waals surface area contributed by atoms with Crippen LogP contribution >= 0.6 is 0 Å². The Hall–Kier alpha value is -1.92. The Balaban J connectivity index is 2.40. The van der Waals surface area contributed by atoms with Gasteiger partial charge in [-0.3, -0.25) is 0 Å². The van der Waals surface area contributed by atoms with Gasteiger partial charge in [0.15, 0.2) is 0 Å². The number of furan rings is 1. The van der Waals surface area contributed by atoms with Crippen LogP contribution in [-0.2, 0) is 0 Å². The minimum atomic E-state index is -1.53. The molecule has 0 unspecified atom stereocenters. The van der Waals surface area contributed by atoms with Crippen LogP contribution in [-0.4, -0.2) is 27.1 Å². The van der Waals surface area contributed by atoms with Crippen LogP contribution in [0.2, 0.25) is 0 Å². The highest BCUT2D eigenvalue weighted by Gasteiger charge is 2.15. The number of nitrogens with zero attached hydrogens (tertiary/aromatic N) is 2. The standard InChI is InChI=1S/C10H7BN2O3/c14-11(15)6-4-8-7-2-1-3-12-9(7)16-10(8)13-5-6/h1-5,14-15H. The van der Waals surface area contributed by atoms with Gasteiger partial charge < -0.3 is 14.5 Å². The molecular weight excluding hydrogens is 207 g/mol. The van der Waals surface area contributed by atoms with E-state index in [9.17, 15) is 0 Å². The van der Waals surface area contributed by atoms with Gasteiger partial charge in [-0.05, 0) is 18.2 Å². The molecule has 0 spiro atoms. The van der Waals surface area contributed by atoms with Crippen molar-refractivity contribution in [3.05, 3.63) is 30.6 Å². The molecule has 3 heterocycles. The van der Waals surface area contributed by atoms with E-state index in [1.165, 1.54) is 6.20 Å². The van der Waals surface area contributed by atoms with Crippen molar-refractivity contribution in [3.63, 3.8) is 0 Å². The Morgan fingerprint density at radius 2 is 1.94 bits per heavy atom. The maximum atomic E-state index is 9.06. The Morgan fingerprint density at radius 3 is 2.75 bits per heavy atom. The number of fused-ring (bicyclic) bond motifs is 3. The fraction of sp³-hybridized carbons (Fsp3) is 0. The molecule has 0 aliphatic carbocycles. The summed E-state index contributed by atoms with van der Waals surface area (Å²) in [5.74, 6) is 0. The van der Waals surface area contributed by atoms with Gasteiger partial charge in [-0.15, -0.1) is 0 Å². The zero-order valence-electron chi connectivity index (χ0n) is 8.16. The third-order valence-electron chi connectivity index (χ3n) is 2.43. The van der Waals surface area contributed by atoms with E-state index in [-0.39, 0.29) is 0 Å². The van der Waals surface area contributed by atoms with E-state index in [0.29, 0.717) is 16.9 Å². The van der Waals surface area contributed by atoms with Crippen LogP contribution < -0.4 is 5.46 Å². The van der Waals surface area contributed by atoms with Crippen LogP contribution in [0.25, 0.3) is 22.2 Å². The maximum absolute atomic E-state index is 9.06. The summed E-state index contributed by atoms with van der Waals surface area (Å²) >= 11 is 0. The van der Waals surface area contributed by atoms with Crippen molar-refractivity contribution in [2.24, 2.45) is 0 Å². The molecule has 0 radical (unpaired) electrons. The lowest BCUT2D eigenvalue weighted by atomic mass is 9.81. The average molecular weight is 214 g/mol. The number of rotatable bonds is 1. The molecule has 0 saturated carbocycles. The van der Waals surface area contributed by atoms with Crippen LogP contribution in [0.1, 0.15) is 0 Å². The molecule has 3 rings (SSSR count). The molecule has 5 nitrogen and oxygen atoms in total. The maximum Gasteiger partial charge on any atom is 0.490 e. The highest BCUT2D eigenvalue weighted by atomic mass is 16.4. The quantitative estimate of drug-likeness (QED) is 0.559. The lowest BCUT2D eigenvalue weighted by molar-refractivity contribution is 0.425. The summed E-state index contributed by atoms with van der Waals surface area (Å²) < 4.78 is 5.40. The van der Waals surface area contributed by atoms with Crippen molar-refractivity contribution in [3.8, 4) is 0 Å². The summed E-state index contributed by atoms with van der Waals surface area (Å²) in [6.45, 7) is 0. The monoisotopic (exact) mass is 214 g/mol. The molecule has 0 amide bonds. The first kappa shape index (κ1) is 9.32. The van der Waals surface area contributed by atoms with Crippen molar-refractivity contribution in [2.75, 3.05) is 0 Å². The first-order chi connectivity index (χ1) is 7.75. The Labute approximate surface area is 90.5 Å². The van der Waals surface area contributed by atoms with Crippen LogP contribution in [0, 0.1) is 0 Å². The highest BCUT2D eigenvalue weighted by Crippen LogP contribution is 2.24. The molecular formula is C10H7BN2O3. The van der Waals surface area contributed by atoms with E-state index in [2.05, 4.69) is 9.97 Å². The number of hydrogen-bond donors (Lipinski definition) is 2. The molecule has 0 fully saturated rings. The van der Waals surface area contributed by atoms with Gasteiger partial charge in [-0.2, -0.15) is 0 Å². The SMILES string of the molecule is OB(O)c1cnc2oc3ncccc3c2c1. The molecule has 6 heteroatoms. The van der Waals surface area contributed by atoms with Crippen LogP contribution in [0.5, 0.6) is 0 Å². The summed E-state index contributed by atoms with van der Waals surface area (Å²) in [6.07, 6.45) is 3.00. The largest absolute Gasteiger partial charge is 0.490 e. The first-order valence-corrected chi connectivity index (χ1v) is 4.75. The van der Waals surface area contributed by atoms with E-state index in [1.54, 1.807) is 18.3 Å². The van der Waals surface area contributed by atoms with Crippen molar-refractivity contribution in [2.45, 2.75) is 0 Å². The predicted octanol–water partition coefficient (Wildman–Crippen LogP) is 0.0558. The molecule has 0 aromatic carbocycles. The van der Waals surface area contributed by atoms with Gasteiger partial charge in [0, 0.05) is 28.6 Å². The van der Waals surface area contributed by atoms with Gasteiger partial charge in [-0.25, -0.2) is 9.97 Å². The van der Waals surface area contributed by atoms with Crippen molar-refractivity contribution >= 4 is 34.8 Å². The van der Waals surface area contributed by atoms with Gasteiger partial charge in [-0.1, -0.05) is 0 Å². The highest BCUT2D eigenvalue weighted by molar-refractivity contribution is 6.58. The zero-order chi connectivity index (χ0) is 11.1. The number of aromatic nitrogens is 2. The molecule has 0 atom stereocenters.